The zero-order valence-corrected chi connectivity index (χ0v) is 16.7. The van der Waals surface area contributed by atoms with E-state index in [0.29, 0.717) is 18.8 Å². The summed E-state index contributed by atoms with van der Waals surface area (Å²) in [5, 5.41) is 6.20. The van der Waals surface area contributed by atoms with Gasteiger partial charge < -0.3 is 15.5 Å². The Morgan fingerprint density at radius 3 is 2.54 bits per heavy atom. The SMILES string of the molecule is CNCC1CCN(C(=O)C(CCSC)NC(=O)Cc2ccccc2)CC1. The van der Waals surface area contributed by atoms with Gasteiger partial charge in [0, 0.05) is 13.1 Å². The summed E-state index contributed by atoms with van der Waals surface area (Å²) >= 11 is 1.70. The van der Waals surface area contributed by atoms with Crippen LogP contribution >= 0.6 is 11.8 Å². The molecule has 2 amide bonds. The summed E-state index contributed by atoms with van der Waals surface area (Å²) in [6.07, 6.45) is 5.07. The molecule has 1 aliphatic rings. The van der Waals surface area contributed by atoms with E-state index in [1.165, 1.54) is 0 Å². The van der Waals surface area contributed by atoms with E-state index in [-0.39, 0.29) is 11.8 Å². The quantitative estimate of drug-likeness (QED) is 0.690. The van der Waals surface area contributed by atoms with Crippen molar-refractivity contribution < 1.29 is 9.59 Å². The third kappa shape index (κ3) is 6.65. The van der Waals surface area contributed by atoms with Crippen molar-refractivity contribution in [3.8, 4) is 0 Å². The summed E-state index contributed by atoms with van der Waals surface area (Å²) in [6.45, 7) is 2.58. The van der Waals surface area contributed by atoms with Crippen LogP contribution in [0.15, 0.2) is 30.3 Å². The van der Waals surface area contributed by atoms with Crippen molar-refractivity contribution in [3.05, 3.63) is 35.9 Å². The predicted molar refractivity (Wildman–Crippen MR) is 108 cm³/mol. The third-order valence-electron chi connectivity index (χ3n) is 4.87. The maximum Gasteiger partial charge on any atom is 0.245 e. The molecule has 0 saturated carbocycles. The van der Waals surface area contributed by atoms with Gasteiger partial charge in [-0.05, 0) is 56.3 Å². The van der Waals surface area contributed by atoms with Crippen LogP contribution in [0, 0.1) is 5.92 Å². The molecular weight excluding hydrogens is 346 g/mol. The molecule has 2 rings (SSSR count). The zero-order valence-electron chi connectivity index (χ0n) is 15.9. The maximum absolute atomic E-state index is 12.9. The predicted octanol–water partition coefficient (Wildman–Crippen LogP) is 1.93. The Balaban J connectivity index is 1.91. The van der Waals surface area contributed by atoms with Crippen LogP contribution in [-0.2, 0) is 16.0 Å². The lowest BCUT2D eigenvalue weighted by molar-refractivity contribution is -0.137. The van der Waals surface area contributed by atoms with E-state index < -0.39 is 6.04 Å². The molecule has 0 bridgehead atoms. The number of thioether (sulfide) groups is 1. The second-order valence-corrected chi connectivity index (χ2v) is 7.88. The molecular formula is C20H31N3O2S. The normalized spacial score (nSPS) is 16.3. The van der Waals surface area contributed by atoms with Gasteiger partial charge >= 0.3 is 0 Å². The minimum atomic E-state index is -0.417. The maximum atomic E-state index is 12.9. The highest BCUT2D eigenvalue weighted by molar-refractivity contribution is 7.98. The van der Waals surface area contributed by atoms with E-state index >= 15 is 0 Å². The molecule has 1 aliphatic heterocycles. The average Bonchev–Trinajstić information content (AvgIpc) is 2.66. The molecule has 1 atom stereocenters. The van der Waals surface area contributed by atoms with Crippen LogP contribution in [0.5, 0.6) is 0 Å². The Hall–Kier alpha value is -1.53. The molecule has 1 fully saturated rings. The number of hydrogen-bond acceptors (Lipinski definition) is 4. The molecule has 1 aromatic carbocycles. The minimum absolute atomic E-state index is 0.0726. The molecule has 1 heterocycles. The smallest absolute Gasteiger partial charge is 0.245 e. The van der Waals surface area contributed by atoms with E-state index in [0.717, 1.165) is 43.8 Å². The molecule has 1 saturated heterocycles. The lowest BCUT2D eigenvalue weighted by Crippen LogP contribution is -2.51. The molecule has 6 heteroatoms. The van der Waals surface area contributed by atoms with E-state index in [4.69, 9.17) is 0 Å². The highest BCUT2D eigenvalue weighted by atomic mass is 32.2. The number of likely N-dealkylation sites (tertiary alicyclic amines) is 1. The Morgan fingerprint density at radius 2 is 1.92 bits per heavy atom. The number of amides is 2. The van der Waals surface area contributed by atoms with Gasteiger partial charge in [0.1, 0.15) is 6.04 Å². The largest absolute Gasteiger partial charge is 0.344 e. The first kappa shape index (κ1) is 20.8. The molecule has 144 valence electrons. The van der Waals surface area contributed by atoms with Crippen LogP contribution in [0.2, 0.25) is 0 Å². The number of carbonyl (C=O) groups is 2. The summed E-state index contributed by atoms with van der Waals surface area (Å²) in [4.78, 5) is 27.3. The van der Waals surface area contributed by atoms with Gasteiger partial charge in [0.25, 0.3) is 0 Å². The Bertz CT molecular complexity index is 559. The van der Waals surface area contributed by atoms with Crippen LogP contribution in [0.25, 0.3) is 0 Å². The first-order chi connectivity index (χ1) is 12.6. The number of benzene rings is 1. The summed E-state index contributed by atoms with van der Waals surface area (Å²) in [5.74, 6) is 1.49. The molecule has 26 heavy (non-hydrogen) atoms. The first-order valence-electron chi connectivity index (χ1n) is 9.39. The van der Waals surface area contributed by atoms with Crippen molar-refractivity contribution in [2.45, 2.75) is 31.7 Å². The van der Waals surface area contributed by atoms with Crippen molar-refractivity contribution in [1.29, 1.82) is 0 Å². The lowest BCUT2D eigenvalue weighted by atomic mass is 9.96. The summed E-state index contributed by atoms with van der Waals surface area (Å²) in [5.41, 5.74) is 0.967. The molecule has 1 aromatic rings. The fourth-order valence-electron chi connectivity index (χ4n) is 3.39. The molecule has 0 spiro atoms. The van der Waals surface area contributed by atoms with E-state index in [2.05, 4.69) is 10.6 Å². The average molecular weight is 378 g/mol. The molecule has 2 N–H and O–H groups in total. The van der Waals surface area contributed by atoms with Gasteiger partial charge in [-0.2, -0.15) is 11.8 Å². The highest BCUT2D eigenvalue weighted by Gasteiger charge is 2.28. The molecule has 0 aromatic heterocycles. The highest BCUT2D eigenvalue weighted by Crippen LogP contribution is 2.18. The van der Waals surface area contributed by atoms with Gasteiger partial charge in [0.2, 0.25) is 11.8 Å². The number of rotatable bonds is 9. The van der Waals surface area contributed by atoms with Gasteiger partial charge in [-0.15, -0.1) is 0 Å². The number of hydrogen-bond donors (Lipinski definition) is 2. The molecule has 1 unspecified atom stereocenters. The Kier molecular flexibility index (Phi) is 8.98. The summed E-state index contributed by atoms with van der Waals surface area (Å²) in [6, 6.07) is 9.24. The third-order valence-corrected chi connectivity index (χ3v) is 5.51. The van der Waals surface area contributed by atoms with E-state index in [1.807, 2.05) is 48.5 Å². The number of piperidine rings is 1. The zero-order chi connectivity index (χ0) is 18.8. The van der Waals surface area contributed by atoms with E-state index in [1.54, 1.807) is 11.8 Å². The van der Waals surface area contributed by atoms with Crippen molar-refractivity contribution in [2.75, 3.05) is 38.7 Å². The minimum Gasteiger partial charge on any atom is -0.344 e. The summed E-state index contributed by atoms with van der Waals surface area (Å²) < 4.78 is 0. The van der Waals surface area contributed by atoms with Crippen molar-refractivity contribution in [2.24, 2.45) is 5.92 Å². The molecule has 5 nitrogen and oxygen atoms in total. The fraction of sp³-hybridized carbons (Fsp3) is 0.600. The van der Waals surface area contributed by atoms with Crippen molar-refractivity contribution >= 4 is 23.6 Å². The second kappa shape index (κ2) is 11.2. The number of nitrogens with one attached hydrogen (secondary N) is 2. The van der Waals surface area contributed by atoms with Crippen molar-refractivity contribution in [1.82, 2.24) is 15.5 Å². The van der Waals surface area contributed by atoms with Crippen LogP contribution in [0.3, 0.4) is 0 Å². The fourth-order valence-corrected chi connectivity index (χ4v) is 3.86. The van der Waals surface area contributed by atoms with E-state index in [9.17, 15) is 9.59 Å². The Morgan fingerprint density at radius 1 is 1.23 bits per heavy atom. The van der Waals surface area contributed by atoms with Gasteiger partial charge in [-0.3, -0.25) is 9.59 Å². The second-order valence-electron chi connectivity index (χ2n) is 6.89. The number of carbonyl (C=O) groups excluding carboxylic acids is 2. The van der Waals surface area contributed by atoms with Crippen LogP contribution in [0.1, 0.15) is 24.8 Å². The first-order valence-corrected chi connectivity index (χ1v) is 10.8. The van der Waals surface area contributed by atoms with Crippen LogP contribution in [0.4, 0.5) is 0 Å². The van der Waals surface area contributed by atoms with Crippen LogP contribution < -0.4 is 10.6 Å². The lowest BCUT2D eigenvalue weighted by Gasteiger charge is -2.34. The van der Waals surface area contributed by atoms with Gasteiger partial charge in [0.05, 0.1) is 6.42 Å². The standard InChI is InChI=1S/C20H31N3O2S/c1-21-15-17-8-11-23(12-9-17)20(25)18(10-13-26-2)22-19(24)14-16-6-4-3-5-7-16/h3-7,17-18,21H,8-15H2,1-2H3,(H,22,24). The van der Waals surface area contributed by atoms with Crippen molar-refractivity contribution in [3.63, 3.8) is 0 Å². The molecule has 0 aliphatic carbocycles. The Labute approximate surface area is 161 Å². The monoisotopic (exact) mass is 377 g/mol. The summed E-state index contributed by atoms with van der Waals surface area (Å²) in [7, 11) is 1.97. The van der Waals surface area contributed by atoms with Crippen LogP contribution in [-0.4, -0.2) is 61.4 Å². The molecule has 0 radical (unpaired) electrons. The van der Waals surface area contributed by atoms with Gasteiger partial charge in [-0.1, -0.05) is 30.3 Å². The number of nitrogens with zero attached hydrogens (tertiary/aromatic N) is 1. The topological polar surface area (TPSA) is 61.4 Å². The van der Waals surface area contributed by atoms with Gasteiger partial charge in [0.15, 0.2) is 0 Å². The van der Waals surface area contributed by atoms with Gasteiger partial charge in [-0.25, -0.2) is 0 Å².